The molecule has 1 unspecified atom stereocenters. The van der Waals surface area contributed by atoms with Crippen molar-refractivity contribution in [1.29, 1.82) is 0 Å². The number of aryl methyl sites for hydroxylation is 1. The summed E-state index contributed by atoms with van der Waals surface area (Å²) in [4.78, 5) is 0.816. The van der Waals surface area contributed by atoms with Crippen LogP contribution in [0.15, 0.2) is 34.5 Å². The summed E-state index contributed by atoms with van der Waals surface area (Å²) >= 11 is 1.07. The summed E-state index contributed by atoms with van der Waals surface area (Å²) in [5.74, 6) is -1.85. The second kappa shape index (κ2) is 6.18. The maximum atomic E-state index is 13.5. The standard InChI is InChI=1S/C13H13F2NO3S2/c1-8-5-6-12(20-8)21(18,19)16-7-11(17)13-9(14)3-2-4-10(13)15/h2-6,11,16-17H,7H2,1H3. The molecule has 0 aliphatic rings. The van der Waals surface area contributed by atoms with Crippen LogP contribution >= 0.6 is 11.3 Å². The van der Waals surface area contributed by atoms with Gasteiger partial charge in [-0.25, -0.2) is 21.9 Å². The molecule has 1 aromatic carbocycles. The molecule has 1 aromatic heterocycles. The van der Waals surface area contributed by atoms with Gasteiger partial charge in [0.25, 0.3) is 0 Å². The van der Waals surface area contributed by atoms with E-state index in [4.69, 9.17) is 0 Å². The third-order valence-corrected chi connectivity index (χ3v) is 5.70. The van der Waals surface area contributed by atoms with E-state index in [9.17, 15) is 22.3 Å². The maximum absolute atomic E-state index is 13.5. The SMILES string of the molecule is Cc1ccc(S(=O)(=O)NCC(O)c2c(F)cccc2F)s1. The van der Waals surface area contributed by atoms with E-state index < -0.39 is 39.9 Å². The van der Waals surface area contributed by atoms with Crippen molar-refractivity contribution in [3.8, 4) is 0 Å². The molecule has 0 amide bonds. The van der Waals surface area contributed by atoms with Crippen molar-refractivity contribution < 1.29 is 22.3 Å². The van der Waals surface area contributed by atoms with Crippen LogP contribution < -0.4 is 4.72 Å². The minimum absolute atomic E-state index is 0.0844. The molecular formula is C13H13F2NO3S2. The number of halogens is 2. The number of aliphatic hydroxyl groups excluding tert-OH is 1. The van der Waals surface area contributed by atoms with E-state index >= 15 is 0 Å². The van der Waals surface area contributed by atoms with Gasteiger partial charge in [-0.3, -0.25) is 0 Å². The largest absolute Gasteiger partial charge is 0.387 e. The first-order valence-electron chi connectivity index (χ1n) is 5.99. The molecule has 8 heteroatoms. The summed E-state index contributed by atoms with van der Waals surface area (Å²) in [6, 6.07) is 6.24. The van der Waals surface area contributed by atoms with Crippen LogP contribution in [0.4, 0.5) is 8.78 Å². The molecule has 2 aromatic rings. The van der Waals surface area contributed by atoms with Gasteiger partial charge in [0.05, 0.1) is 11.7 Å². The molecule has 2 rings (SSSR count). The molecule has 0 bridgehead atoms. The number of sulfonamides is 1. The zero-order chi connectivity index (χ0) is 15.6. The van der Waals surface area contributed by atoms with Crippen molar-refractivity contribution in [3.63, 3.8) is 0 Å². The lowest BCUT2D eigenvalue weighted by molar-refractivity contribution is 0.172. The summed E-state index contributed by atoms with van der Waals surface area (Å²) in [5, 5.41) is 9.79. The predicted octanol–water partition coefficient (Wildman–Crippen LogP) is 2.35. The van der Waals surface area contributed by atoms with E-state index in [0.717, 1.165) is 28.3 Å². The number of nitrogens with one attached hydrogen (secondary N) is 1. The average Bonchev–Trinajstić information content (AvgIpc) is 2.84. The van der Waals surface area contributed by atoms with Crippen molar-refractivity contribution in [2.45, 2.75) is 17.2 Å². The first-order valence-corrected chi connectivity index (χ1v) is 8.29. The van der Waals surface area contributed by atoms with E-state index in [1.807, 2.05) is 0 Å². The van der Waals surface area contributed by atoms with Crippen LogP contribution in [0.25, 0.3) is 0 Å². The molecule has 0 fully saturated rings. The molecule has 0 saturated carbocycles. The zero-order valence-electron chi connectivity index (χ0n) is 11.0. The third-order valence-electron chi connectivity index (χ3n) is 2.78. The fraction of sp³-hybridized carbons (Fsp3) is 0.231. The van der Waals surface area contributed by atoms with Gasteiger partial charge in [-0.2, -0.15) is 0 Å². The van der Waals surface area contributed by atoms with E-state index in [0.29, 0.717) is 0 Å². The molecule has 2 N–H and O–H groups in total. The molecule has 21 heavy (non-hydrogen) atoms. The highest BCUT2D eigenvalue weighted by atomic mass is 32.2. The highest BCUT2D eigenvalue weighted by molar-refractivity contribution is 7.91. The zero-order valence-corrected chi connectivity index (χ0v) is 12.6. The predicted molar refractivity (Wildman–Crippen MR) is 75.6 cm³/mol. The summed E-state index contributed by atoms with van der Waals surface area (Å²) in [6.45, 7) is 1.24. The van der Waals surface area contributed by atoms with Crippen LogP contribution in [-0.4, -0.2) is 20.1 Å². The topological polar surface area (TPSA) is 66.4 Å². The van der Waals surface area contributed by atoms with Crippen molar-refractivity contribution in [2.75, 3.05) is 6.54 Å². The Morgan fingerprint density at radius 2 is 1.86 bits per heavy atom. The van der Waals surface area contributed by atoms with Crippen molar-refractivity contribution in [1.82, 2.24) is 4.72 Å². The second-order valence-corrected chi connectivity index (χ2v) is 7.65. The van der Waals surface area contributed by atoms with E-state index in [-0.39, 0.29) is 4.21 Å². The Morgan fingerprint density at radius 1 is 1.24 bits per heavy atom. The van der Waals surface area contributed by atoms with Gasteiger partial charge < -0.3 is 5.11 Å². The van der Waals surface area contributed by atoms with Crippen LogP contribution in [-0.2, 0) is 10.0 Å². The van der Waals surface area contributed by atoms with Gasteiger partial charge >= 0.3 is 0 Å². The van der Waals surface area contributed by atoms with Crippen LogP contribution in [0, 0.1) is 18.6 Å². The monoisotopic (exact) mass is 333 g/mol. The average molecular weight is 333 g/mol. The van der Waals surface area contributed by atoms with Gasteiger partial charge in [0.2, 0.25) is 10.0 Å². The minimum atomic E-state index is -3.80. The molecule has 0 radical (unpaired) electrons. The highest BCUT2D eigenvalue weighted by Crippen LogP contribution is 2.23. The number of rotatable bonds is 5. The van der Waals surface area contributed by atoms with E-state index in [2.05, 4.69) is 4.72 Å². The fourth-order valence-electron chi connectivity index (χ4n) is 1.75. The van der Waals surface area contributed by atoms with Crippen LogP contribution in [0.3, 0.4) is 0 Å². The van der Waals surface area contributed by atoms with Gasteiger partial charge in [0.15, 0.2) is 0 Å². The summed E-state index contributed by atoms with van der Waals surface area (Å²) < 4.78 is 53.1. The normalized spacial score (nSPS) is 13.3. The number of benzene rings is 1. The molecule has 0 saturated heterocycles. The Balaban J connectivity index is 2.13. The van der Waals surface area contributed by atoms with Crippen molar-refractivity contribution in [2.24, 2.45) is 0 Å². The van der Waals surface area contributed by atoms with Gasteiger partial charge in [0.1, 0.15) is 15.8 Å². The van der Waals surface area contributed by atoms with Gasteiger partial charge in [-0.1, -0.05) is 6.07 Å². The molecule has 0 aliphatic carbocycles. The smallest absolute Gasteiger partial charge is 0.250 e. The minimum Gasteiger partial charge on any atom is -0.387 e. The first kappa shape index (κ1) is 16.0. The molecule has 1 heterocycles. The first-order chi connectivity index (χ1) is 9.81. The fourth-order valence-corrected chi connectivity index (χ4v) is 4.11. The van der Waals surface area contributed by atoms with Crippen molar-refractivity contribution in [3.05, 3.63) is 52.4 Å². The second-order valence-electron chi connectivity index (χ2n) is 4.37. The summed E-state index contributed by atoms with van der Waals surface area (Å²) in [6.07, 6.45) is -1.61. The molecule has 4 nitrogen and oxygen atoms in total. The van der Waals surface area contributed by atoms with Crippen LogP contribution in [0.2, 0.25) is 0 Å². The van der Waals surface area contributed by atoms with Gasteiger partial charge in [-0.05, 0) is 31.2 Å². The lowest BCUT2D eigenvalue weighted by atomic mass is 10.1. The van der Waals surface area contributed by atoms with E-state index in [1.54, 1.807) is 13.0 Å². The molecule has 114 valence electrons. The quantitative estimate of drug-likeness (QED) is 0.883. The Morgan fingerprint density at radius 3 is 2.38 bits per heavy atom. The number of hydrogen-bond acceptors (Lipinski definition) is 4. The van der Waals surface area contributed by atoms with Gasteiger partial charge in [0, 0.05) is 11.4 Å². The Hall–Kier alpha value is -1.35. The van der Waals surface area contributed by atoms with Crippen molar-refractivity contribution >= 4 is 21.4 Å². The summed E-state index contributed by atoms with van der Waals surface area (Å²) in [5.41, 5.74) is -0.553. The van der Waals surface area contributed by atoms with Crippen LogP contribution in [0.5, 0.6) is 0 Å². The Kier molecular flexibility index (Phi) is 4.72. The molecule has 1 atom stereocenters. The lowest BCUT2D eigenvalue weighted by Gasteiger charge is -2.13. The molecule has 0 aliphatic heterocycles. The van der Waals surface area contributed by atoms with Crippen LogP contribution in [0.1, 0.15) is 16.5 Å². The van der Waals surface area contributed by atoms with E-state index in [1.165, 1.54) is 12.1 Å². The van der Waals surface area contributed by atoms with Gasteiger partial charge in [-0.15, -0.1) is 11.3 Å². The Bertz CT molecular complexity index is 723. The number of hydrogen-bond donors (Lipinski definition) is 2. The summed E-state index contributed by atoms with van der Waals surface area (Å²) in [7, 11) is -3.80. The maximum Gasteiger partial charge on any atom is 0.250 e. The third kappa shape index (κ3) is 3.65. The number of aliphatic hydroxyl groups is 1. The lowest BCUT2D eigenvalue weighted by Crippen LogP contribution is -2.28. The molecular weight excluding hydrogens is 320 g/mol. The highest BCUT2D eigenvalue weighted by Gasteiger charge is 2.22. The molecule has 0 spiro atoms. The Labute approximate surface area is 125 Å². The number of thiophene rings is 1.